The van der Waals surface area contributed by atoms with E-state index in [9.17, 15) is 18.3 Å². The van der Waals surface area contributed by atoms with Gasteiger partial charge in [-0.1, -0.05) is 61.8 Å². The highest BCUT2D eigenvalue weighted by molar-refractivity contribution is 7.91. The molecular formula is C32H34ClN3O4S. The van der Waals surface area contributed by atoms with Gasteiger partial charge in [-0.05, 0) is 85.9 Å². The number of carbonyl (C=O) groups is 1. The maximum absolute atomic E-state index is 13.3. The van der Waals surface area contributed by atoms with Crippen molar-refractivity contribution in [3.8, 4) is 5.75 Å². The molecule has 7 nitrogen and oxygen atoms in total. The number of ketones is 1. The quantitative estimate of drug-likeness (QED) is 0.0966. The fourth-order valence-electron chi connectivity index (χ4n) is 4.63. The summed E-state index contributed by atoms with van der Waals surface area (Å²) in [4.78, 5) is 15.9. The van der Waals surface area contributed by atoms with E-state index in [4.69, 9.17) is 11.6 Å². The molecule has 0 bridgehead atoms. The number of halogens is 1. The van der Waals surface area contributed by atoms with Gasteiger partial charge < -0.3 is 10.0 Å². The van der Waals surface area contributed by atoms with Gasteiger partial charge in [0.25, 0.3) is 0 Å². The largest absolute Gasteiger partial charge is 0.505 e. The number of fused-ring (bicyclic) bond motifs is 1. The Kier molecular flexibility index (Phi) is 10.3. The summed E-state index contributed by atoms with van der Waals surface area (Å²) in [5.41, 5.74) is 1.52. The summed E-state index contributed by atoms with van der Waals surface area (Å²) in [5, 5.41) is 21.6. The van der Waals surface area contributed by atoms with Crippen molar-refractivity contribution >= 4 is 49.4 Å². The summed E-state index contributed by atoms with van der Waals surface area (Å²) in [6.07, 6.45) is 1.41. The SMILES string of the molecule is CCN(CC)CCCCS(=O)(=O)c1ccc(CC(=O)c2cc3ccccc3c(N=Nc3ccc(Cl)cc3)c2O)cc1. The molecule has 9 heteroatoms. The van der Waals surface area contributed by atoms with E-state index in [1.807, 2.05) is 24.3 Å². The fraction of sp³-hybridized carbons (Fsp3) is 0.281. The van der Waals surface area contributed by atoms with Crippen LogP contribution in [0.2, 0.25) is 5.02 Å². The first-order valence-corrected chi connectivity index (χ1v) is 15.7. The highest BCUT2D eigenvalue weighted by Crippen LogP contribution is 2.40. The first kappa shape index (κ1) is 30.4. The summed E-state index contributed by atoms with van der Waals surface area (Å²) < 4.78 is 25.6. The number of Topliss-reactive ketones (excluding diaryl/α,β-unsaturated/α-hetero) is 1. The lowest BCUT2D eigenvalue weighted by molar-refractivity contribution is 0.0990. The van der Waals surface area contributed by atoms with Crippen LogP contribution in [0, 0.1) is 0 Å². The molecule has 0 atom stereocenters. The number of phenols is 1. The molecule has 0 saturated carbocycles. The number of nitrogens with zero attached hydrogens (tertiary/aromatic N) is 3. The van der Waals surface area contributed by atoms with E-state index < -0.39 is 9.84 Å². The van der Waals surface area contributed by atoms with Gasteiger partial charge in [-0.15, -0.1) is 5.11 Å². The van der Waals surface area contributed by atoms with Gasteiger partial charge in [0.2, 0.25) is 0 Å². The lowest BCUT2D eigenvalue weighted by atomic mass is 9.97. The molecule has 214 valence electrons. The van der Waals surface area contributed by atoms with Gasteiger partial charge in [-0.3, -0.25) is 4.79 Å². The van der Waals surface area contributed by atoms with Crippen LogP contribution < -0.4 is 0 Å². The minimum Gasteiger partial charge on any atom is -0.505 e. The Bertz CT molecular complexity index is 1630. The number of hydrogen-bond acceptors (Lipinski definition) is 7. The van der Waals surface area contributed by atoms with Crippen molar-refractivity contribution in [1.29, 1.82) is 0 Å². The minimum absolute atomic E-state index is 0.0101. The van der Waals surface area contributed by atoms with E-state index in [0.717, 1.165) is 31.4 Å². The van der Waals surface area contributed by atoms with Gasteiger partial charge in [0.05, 0.1) is 21.9 Å². The van der Waals surface area contributed by atoms with E-state index in [1.54, 1.807) is 54.6 Å². The van der Waals surface area contributed by atoms with Crippen LogP contribution in [-0.2, 0) is 16.3 Å². The summed E-state index contributed by atoms with van der Waals surface area (Å²) in [7, 11) is -3.41. The fourth-order valence-corrected chi connectivity index (χ4v) is 6.12. The number of azo groups is 1. The normalized spacial score (nSPS) is 12.0. The third-order valence-corrected chi connectivity index (χ3v) is 9.14. The molecule has 0 fully saturated rings. The van der Waals surface area contributed by atoms with E-state index in [2.05, 4.69) is 29.0 Å². The van der Waals surface area contributed by atoms with Crippen molar-refractivity contribution in [3.63, 3.8) is 0 Å². The molecule has 0 radical (unpaired) electrons. The molecule has 4 rings (SSSR count). The zero-order chi connectivity index (χ0) is 29.4. The monoisotopic (exact) mass is 591 g/mol. The molecule has 0 heterocycles. The third kappa shape index (κ3) is 7.79. The number of phenolic OH excluding ortho intramolecular Hbond substituents is 1. The second kappa shape index (κ2) is 13.9. The summed E-state index contributed by atoms with van der Waals surface area (Å²) in [6, 6.07) is 22.2. The number of unbranched alkanes of at least 4 members (excludes halogenated alkanes) is 1. The molecule has 0 amide bonds. The zero-order valence-corrected chi connectivity index (χ0v) is 24.8. The Morgan fingerprint density at radius 2 is 1.59 bits per heavy atom. The number of hydrogen-bond donors (Lipinski definition) is 1. The first-order valence-electron chi connectivity index (χ1n) is 13.7. The Labute approximate surface area is 246 Å². The minimum atomic E-state index is -3.41. The Morgan fingerprint density at radius 1 is 0.902 bits per heavy atom. The summed E-state index contributed by atoms with van der Waals surface area (Å²) >= 11 is 5.95. The smallest absolute Gasteiger partial charge is 0.178 e. The maximum atomic E-state index is 13.3. The van der Waals surface area contributed by atoms with Crippen LogP contribution in [-0.4, -0.2) is 49.6 Å². The van der Waals surface area contributed by atoms with Gasteiger partial charge >= 0.3 is 0 Å². The maximum Gasteiger partial charge on any atom is 0.178 e. The second-order valence-corrected chi connectivity index (χ2v) is 12.4. The van der Waals surface area contributed by atoms with Crippen molar-refractivity contribution in [3.05, 3.63) is 95.0 Å². The summed E-state index contributed by atoms with van der Waals surface area (Å²) in [6.45, 7) is 6.99. The van der Waals surface area contributed by atoms with Gasteiger partial charge in [-0.2, -0.15) is 5.11 Å². The van der Waals surface area contributed by atoms with Gasteiger partial charge in [0.1, 0.15) is 5.69 Å². The highest BCUT2D eigenvalue weighted by Gasteiger charge is 2.20. The molecule has 0 aromatic heterocycles. The molecule has 0 saturated heterocycles. The van der Waals surface area contributed by atoms with Crippen LogP contribution in [0.25, 0.3) is 10.8 Å². The molecule has 4 aromatic carbocycles. The molecule has 0 aliphatic rings. The number of rotatable bonds is 13. The Morgan fingerprint density at radius 3 is 2.27 bits per heavy atom. The molecule has 4 aromatic rings. The molecule has 41 heavy (non-hydrogen) atoms. The summed E-state index contributed by atoms with van der Waals surface area (Å²) in [5.74, 6) is -0.483. The van der Waals surface area contributed by atoms with Crippen molar-refractivity contribution in [2.45, 2.75) is 38.0 Å². The van der Waals surface area contributed by atoms with Gasteiger partial charge in [0, 0.05) is 16.8 Å². The number of carbonyl (C=O) groups excluding carboxylic acids is 1. The average Bonchev–Trinajstić information content (AvgIpc) is 2.97. The third-order valence-electron chi connectivity index (χ3n) is 7.07. The average molecular weight is 592 g/mol. The van der Waals surface area contributed by atoms with Crippen LogP contribution in [0.15, 0.2) is 94.0 Å². The molecule has 0 spiro atoms. The number of sulfone groups is 1. The highest BCUT2D eigenvalue weighted by atomic mass is 35.5. The molecule has 0 unspecified atom stereocenters. The van der Waals surface area contributed by atoms with Crippen LogP contribution in [0.1, 0.15) is 42.6 Å². The molecule has 1 N–H and O–H groups in total. The van der Waals surface area contributed by atoms with Gasteiger partial charge in [-0.25, -0.2) is 8.42 Å². The van der Waals surface area contributed by atoms with Crippen molar-refractivity contribution in [2.75, 3.05) is 25.4 Å². The number of benzene rings is 4. The standard InChI is InChI=1S/C32H34ClN3O4S/c1-3-36(4-2)19-7-8-20-41(39,40)27-17-11-23(12-18-27)21-30(37)29-22-24-9-5-6-10-28(24)31(32(29)38)35-34-26-15-13-25(33)14-16-26/h5-6,9-18,22,38H,3-4,7-8,19-21H2,1-2H3. The Hall–Kier alpha value is -3.59. The molecular weight excluding hydrogens is 558 g/mol. The topological polar surface area (TPSA) is 99.4 Å². The number of aromatic hydroxyl groups is 1. The lowest BCUT2D eigenvalue weighted by Crippen LogP contribution is -2.24. The van der Waals surface area contributed by atoms with Gasteiger partial charge in [0.15, 0.2) is 21.4 Å². The van der Waals surface area contributed by atoms with Crippen molar-refractivity contribution < 1.29 is 18.3 Å². The van der Waals surface area contributed by atoms with Crippen LogP contribution in [0.3, 0.4) is 0 Å². The molecule has 0 aliphatic heterocycles. The zero-order valence-electron chi connectivity index (χ0n) is 23.3. The van der Waals surface area contributed by atoms with Crippen LogP contribution in [0.5, 0.6) is 5.75 Å². The molecule has 0 aliphatic carbocycles. The Balaban J connectivity index is 1.50. The van der Waals surface area contributed by atoms with Crippen LogP contribution in [0.4, 0.5) is 11.4 Å². The van der Waals surface area contributed by atoms with E-state index >= 15 is 0 Å². The first-order chi connectivity index (χ1) is 19.7. The van der Waals surface area contributed by atoms with Crippen molar-refractivity contribution in [2.24, 2.45) is 10.2 Å². The lowest BCUT2D eigenvalue weighted by Gasteiger charge is -2.17. The van der Waals surface area contributed by atoms with Crippen molar-refractivity contribution in [1.82, 2.24) is 4.90 Å². The van der Waals surface area contributed by atoms with Crippen LogP contribution >= 0.6 is 11.6 Å². The predicted octanol–water partition coefficient (Wildman–Crippen LogP) is 7.94. The predicted molar refractivity (Wildman–Crippen MR) is 165 cm³/mol. The van der Waals surface area contributed by atoms with E-state index in [1.165, 1.54) is 0 Å². The van der Waals surface area contributed by atoms with E-state index in [0.29, 0.717) is 28.1 Å². The van der Waals surface area contributed by atoms with E-state index in [-0.39, 0.29) is 39.9 Å². The second-order valence-electron chi connectivity index (χ2n) is 9.82.